The summed E-state index contributed by atoms with van der Waals surface area (Å²) in [6, 6.07) is 11.3. The first kappa shape index (κ1) is 16.2. The van der Waals surface area contributed by atoms with Crippen LogP contribution in [-0.2, 0) is 0 Å². The van der Waals surface area contributed by atoms with Gasteiger partial charge in [0.15, 0.2) is 17.3 Å². The van der Waals surface area contributed by atoms with Gasteiger partial charge < -0.3 is 9.47 Å². The van der Waals surface area contributed by atoms with Crippen molar-refractivity contribution in [3.05, 3.63) is 65.0 Å². The third-order valence-electron chi connectivity index (χ3n) is 4.42. The Bertz CT molecular complexity index is 1010. The van der Waals surface area contributed by atoms with Gasteiger partial charge in [-0.3, -0.25) is 10.2 Å². The van der Waals surface area contributed by atoms with Gasteiger partial charge in [0.2, 0.25) is 6.79 Å². The van der Waals surface area contributed by atoms with Crippen LogP contribution < -0.4 is 14.9 Å². The van der Waals surface area contributed by atoms with Crippen molar-refractivity contribution in [3.63, 3.8) is 0 Å². The molecule has 6 nitrogen and oxygen atoms in total. The van der Waals surface area contributed by atoms with Crippen LogP contribution in [0.15, 0.2) is 42.6 Å². The zero-order valence-electron chi connectivity index (χ0n) is 14.9. The molecule has 1 aliphatic rings. The van der Waals surface area contributed by atoms with Gasteiger partial charge in [-0.25, -0.2) is 9.66 Å². The van der Waals surface area contributed by atoms with Crippen molar-refractivity contribution < 1.29 is 14.3 Å². The molecule has 0 atom stereocenters. The first-order chi connectivity index (χ1) is 12.5. The van der Waals surface area contributed by atoms with E-state index in [1.165, 1.54) is 0 Å². The maximum absolute atomic E-state index is 12.7. The second kappa shape index (κ2) is 6.22. The lowest BCUT2D eigenvalue weighted by Crippen LogP contribution is -2.24. The Balaban J connectivity index is 1.68. The van der Waals surface area contributed by atoms with Crippen LogP contribution >= 0.6 is 0 Å². The Morgan fingerprint density at radius 1 is 1.08 bits per heavy atom. The van der Waals surface area contributed by atoms with Gasteiger partial charge in [-0.1, -0.05) is 17.7 Å². The number of carbonyl (C=O) groups is 1. The van der Waals surface area contributed by atoms with Crippen molar-refractivity contribution >= 4 is 5.91 Å². The fraction of sp³-hybridized carbons (Fsp3) is 0.200. The molecule has 2 heterocycles. The SMILES string of the molecule is Cc1ccc(C)c(-c2ncc(C)n2NC(=O)c2ccc3c(c2)OCO3)c1. The molecule has 26 heavy (non-hydrogen) atoms. The van der Waals surface area contributed by atoms with E-state index in [2.05, 4.69) is 28.6 Å². The van der Waals surface area contributed by atoms with Crippen LogP contribution in [0.5, 0.6) is 11.5 Å². The molecule has 3 aromatic rings. The zero-order valence-corrected chi connectivity index (χ0v) is 14.9. The van der Waals surface area contributed by atoms with Gasteiger partial charge in [-0.05, 0) is 50.6 Å². The van der Waals surface area contributed by atoms with Crippen LogP contribution in [0.25, 0.3) is 11.4 Å². The number of amides is 1. The molecule has 0 aliphatic carbocycles. The molecular weight excluding hydrogens is 330 g/mol. The second-order valence-electron chi connectivity index (χ2n) is 6.39. The number of imidazole rings is 1. The highest BCUT2D eigenvalue weighted by Crippen LogP contribution is 2.32. The Kier molecular flexibility index (Phi) is 3.88. The molecule has 0 unspecified atom stereocenters. The lowest BCUT2D eigenvalue weighted by molar-refractivity contribution is 0.101. The highest BCUT2D eigenvalue weighted by atomic mass is 16.7. The molecule has 0 fully saturated rings. The molecule has 1 aliphatic heterocycles. The number of carbonyl (C=O) groups excluding carboxylic acids is 1. The van der Waals surface area contributed by atoms with Crippen molar-refractivity contribution in [2.75, 3.05) is 12.2 Å². The number of benzene rings is 2. The molecule has 1 amide bonds. The van der Waals surface area contributed by atoms with Crippen LogP contribution in [0.2, 0.25) is 0 Å². The van der Waals surface area contributed by atoms with E-state index in [1.54, 1.807) is 29.1 Å². The van der Waals surface area contributed by atoms with Gasteiger partial charge in [-0.15, -0.1) is 0 Å². The largest absolute Gasteiger partial charge is 0.454 e. The van der Waals surface area contributed by atoms with Gasteiger partial charge in [-0.2, -0.15) is 0 Å². The quantitative estimate of drug-likeness (QED) is 0.785. The van der Waals surface area contributed by atoms with E-state index in [-0.39, 0.29) is 12.7 Å². The first-order valence-corrected chi connectivity index (χ1v) is 8.36. The van der Waals surface area contributed by atoms with Crippen LogP contribution in [0.1, 0.15) is 27.2 Å². The Morgan fingerprint density at radius 2 is 1.88 bits per heavy atom. The Morgan fingerprint density at radius 3 is 2.73 bits per heavy atom. The van der Waals surface area contributed by atoms with Gasteiger partial charge >= 0.3 is 0 Å². The molecule has 4 rings (SSSR count). The van der Waals surface area contributed by atoms with Gasteiger partial charge in [0.05, 0.1) is 11.9 Å². The standard InChI is InChI=1S/C20H19N3O3/c1-12-4-5-13(2)16(8-12)19-21-10-14(3)23(19)22-20(24)15-6-7-17-18(9-15)26-11-25-17/h4-10H,11H2,1-3H3,(H,22,24). The van der Waals surface area contributed by atoms with E-state index in [9.17, 15) is 4.79 Å². The van der Waals surface area contributed by atoms with E-state index in [0.29, 0.717) is 22.9 Å². The van der Waals surface area contributed by atoms with E-state index >= 15 is 0 Å². The first-order valence-electron chi connectivity index (χ1n) is 8.36. The lowest BCUT2D eigenvalue weighted by Gasteiger charge is -2.14. The van der Waals surface area contributed by atoms with Crippen LogP contribution in [0.4, 0.5) is 0 Å². The normalized spacial score (nSPS) is 12.3. The van der Waals surface area contributed by atoms with E-state index in [4.69, 9.17) is 9.47 Å². The molecule has 6 heteroatoms. The zero-order chi connectivity index (χ0) is 18.3. The molecule has 0 saturated heterocycles. The number of ether oxygens (including phenoxy) is 2. The number of aryl methyl sites for hydroxylation is 3. The number of aromatic nitrogens is 2. The van der Waals surface area contributed by atoms with Crippen molar-refractivity contribution in [2.24, 2.45) is 0 Å². The number of fused-ring (bicyclic) bond motifs is 1. The summed E-state index contributed by atoms with van der Waals surface area (Å²) in [5, 5.41) is 0. The molecule has 1 aromatic heterocycles. The summed E-state index contributed by atoms with van der Waals surface area (Å²) in [7, 11) is 0. The predicted molar refractivity (Wildman–Crippen MR) is 98.1 cm³/mol. The minimum Gasteiger partial charge on any atom is -0.454 e. The third kappa shape index (κ3) is 2.79. The van der Waals surface area contributed by atoms with Crippen molar-refractivity contribution in [3.8, 4) is 22.9 Å². The predicted octanol–water partition coefficient (Wildman–Crippen LogP) is 3.59. The number of hydrogen-bond donors (Lipinski definition) is 1. The van der Waals surface area contributed by atoms with Crippen LogP contribution in [0, 0.1) is 20.8 Å². The number of hydrogen-bond acceptors (Lipinski definition) is 4. The average Bonchev–Trinajstić information content (AvgIpc) is 3.23. The fourth-order valence-corrected chi connectivity index (χ4v) is 2.95. The minimum atomic E-state index is -0.240. The molecule has 0 radical (unpaired) electrons. The van der Waals surface area contributed by atoms with E-state index in [0.717, 1.165) is 22.4 Å². The Labute approximate surface area is 151 Å². The summed E-state index contributed by atoms with van der Waals surface area (Å²) in [4.78, 5) is 17.2. The fourth-order valence-electron chi connectivity index (χ4n) is 2.95. The van der Waals surface area contributed by atoms with Crippen LogP contribution in [0.3, 0.4) is 0 Å². The third-order valence-corrected chi connectivity index (χ3v) is 4.42. The number of nitrogens with one attached hydrogen (secondary N) is 1. The van der Waals surface area contributed by atoms with E-state index < -0.39 is 0 Å². The molecule has 1 N–H and O–H groups in total. The Hall–Kier alpha value is -3.28. The maximum Gasteiger partial charge on any atom is 0.270 e. The summed E-state index contributed by atoms with van der Waals surface area (Å²) < 4.78 is 12.4. The molecule has 0 bridgehead atoms. The monoisotopic (exact) mass is 349 g/mol. The smallest absolute Gasteiger partial charge is 0.270 e. The lowest BCUT2D eigenvalue weighted by atomic mass is 10.1. The topological polar surface area (TPSA) is 65.4 Å². The van der Waals surface area contributed by atoms with Gasteiger partial charge in [0.25, 0.3) is 5.91 Å². The summed E-state index contributed by atoms with van der Waals surface area (Å²) in [5.74, 6) is 1.69. The van der Waals surface area contributed by atoms with Gasteiger partial charge in [0, 0.05) is 11.1 Å². The molecule has 0 saturated carbocycles. The van der Waals surface area contributed by atoms with Crippen molar-refractivity contribution in [1.29, 1.82) is 0 Å². The highest BCUT2D eigenvalue weighted by molar-refractivity contribution is 6.00. The minimum absolute atomic E-state index is 0.178. The number of rotatable bonds is 3. The van der Waals surface area contributed by atoms with Gasteiger partial charge in [0.1, 0.15) is 0 Å². The average molecular weight is 349 g/mol. The summed E-state index contributed by atoms with van der Waals surface area (Å²) in [6.45, 7) is 6.15. The summed E-state index contributed by atoms with van der Waals surface area (Å²) in [6.07, 6.45) is 1.75. The summed E-state index contributed by atoms with van der Waals surface area (Å²) >= 11 is 0. The molecular formula is C20H19N3O3. The number of nitrogens with zero attached hydrogens (tertiary/aromatic N) is 2. The molecule has 132 valence electrons. The summed E-state index contributed by atoms with van der Waals surface area (Å²) in [5.41, 5.74) is 7.49. The van der Waals surface area contributed by atoms with Crippen LogP contribution in [-0.4, -0.2) is 22.4 Å². The molecule has 0 spiro atoms. The second-order valence-corrected chi connectivity index (χ2v) is 6.39. The maximum atomic E-state index is 12.7. The van der Waals surface area contributed by atoms with E-state index in [1.807, 2.05) is 20.8 Å². The van der Waals surface area contributed by atoms with Crippen molar-refractivity contribution in [2.45, 2.75) is 20.8 Å². The molecule has 2 aromatic carbocycles. The van der Waals surface area contributed by atoms with Crippen molar-refractivity contribution in [1.82, 2.24) is 9.66 Å². The highest BCUT2D eigenvalue weighted by Gasteiger charge is 2.18.